The molecule has 22 aromatic rings. The summed E-state index contributed by atoms with van der Waals surface area (Å²) in [5.74, 6) is 1.11. The second-order valence-electron chi connectivity index (χ2n) is 27.3. The largest absolute Gasteiger partial charge is 0.309 e. The molecule has 15 aromatic carbocycles. The quantitative estimate of drug-likeness (QED) is 0.143. The maximum atomic E-state index is 11.0. The van der Waals surface area contributed by atoms with Gasteiger partial charge in [0.1, 0.15) is 0 Å². The predicted molar refractivity (Wildman–Crippen MR) is 432 cm³/mol. The molecule has 0 saturated heterocycles. The highest BCUT2D eigenvalue weighted by Gasteiger charge is 2.27. The van der Waals surface area contributed by atoms with Crippen molar-refractivity contribution in [3.05, 3.63) is 345 Å². The highest BCUT2D eigenvalue weighted by Crippen LogP contribution is 2.45. The van der Waals surface area contributed by atoms with E-state index in [0.717, 1.165) is 127 Å². The Balaban J connectivity index is 0.789. The third-order valence-electron chi connectivity index (χ3n) is 21.7. The van der Waals surface area contributed by atoms with E-state index in [0.29, 0.717) is 39.7 Å². The molecule has 7 heterocycles. The lowest BCUT2D eigenvalue weighted by Crippen LogP contribution is -2.06. The SMILES string of the molecule is N#Cc1ccc(-n2c3ccc(-n4c5ccccc5c5ccccc54)cc3c3cc(-n4c5ccccc5c5ccccc54)ccc32)c(-c2nc(-c3ccccc3)nc(-c3cc(C#N)ccc3-n3c4ccc(-n5c6ccccc6c6ccccc65)cc4c4cc(-n5c6ccccc6c6ccccc65)ccc43)n2)c1. The molecule has 0 aliphatic rings. The van der Waals surface area contributed by atoms with Crippen molar-refractivity contribution in [2.45, 2.75) is 0 Å². The number of fused-ring (bicyclic) bond motifs is 18. The van der Waals surface area contributed by atoms with E-state index in [2.05, 4.69) is 306 Å². The van der Waals surface area contributed by atoms with E-state index in [-0.39, 0.29) is 0 Å². The van der Waals surface area contributed by atoms with Crippen molar-refractivity contribution in [3.63, 3.8) is 0 Å². The molecule has 11 nitrogen and oxygen atoms in total. The summed E-state index contributed by atoms with van der Waals surface area (Å²) < 4.78 is 14.1. The standard InChI is InChI=1S/C95H55N11/c96-56-58-38-44-91(105-87-46-40-61(101-79-30-12-4-22-65(79)66-23-5-13-31-80(66)101)52-73(87)74-53-62(41-47-88(74)105)102-81-32-14-6-24-67(81)68-25-7-15-33-82(68)102)77(50-58)94-98-93(60-20-2-1-3-21-60)99-95(100-94)78-51-59(57-97)39-45-92(78)106-89-48-42-63(103-83-34-16-8-26-69(83)70-27-9-17-35-84(70)103)54-75(89)76-55-64(43-49-90(76)106)104-85-36-18-10-28-71(85)72-29-11-19-37-86(72)104/h1-55H. The molecule has 0 saturated carbocycles. The number of aromatic nitrogens is 9. The van der Waals surface area contributed by atoms with Crippen molar-refractivity contribution in [2.24, 2.45) is 0 Å². The van der Waals surface area contributed by atoms with Crippen LogP contribution in [0, 0.1) is 22.7 Å². The monoisotopic (exact) mass is 1350 g/mol. The van der Waals surface area contributed by atoms with Crippen LogP contribution >= 0.6 is 0 Å². The highest BCUT2D eigenvalue weighted by atomic mass is 15.1. The first-order chi connectivity index (χ1) is 52.5. The summed E-state index contributed by atoms with van der Waals surface area (Å²) in [4.78, 5) is 16.6. The zero-order chi connectivity index (χ0) is 69.8. The van der Waals surface area contributed by atoms with Crippen molar-refractivity contribution < 1.29 is 0 Å². The van der Waals surface area contributed by atoms with E-state index in [1.807, 2.05) is 66.7 Å². The normalized spacial score (nSPS) is 11.9. The van der Waals surface area contributed by atoms with E-state index in [1.54, 1.807) is 0 Å². The van der Waals surface area contributed by atoms with Gasteiger partial charge in [0.2, 0.25) is 0 Å². The number of benzene rings is 15. The molecule has 22 rings (SSSR count). The Kier molecular flexibility index (Phi) is 12.7. The van der Waals surface area contributed by atoms with Crippen molar-refractivity contribution in [2.75, 3.05) is 0 Å². The molecule has 7 aromatic heterocycles. The van der Waals surface area contributed by atoms with Gasteiger partial charge in [0.15, 0.2) is 17.5 Å². The topological polar surface area (TPSA) is 116 Å². The van der Waals surface area contributed by atoms with Crippen molar-refractivity contribution in [1.82, 2.24) is 42.4 Å². The minimum atomic E-state index is 0.344. The van der Waals surface area contributed by atoms with Crippen LogP contribution in [-0.4, -0.2) is 42.4 Å². The smallest absolute Gasteiger partial charge is 0.166 e. The first-order valence-corrected chi connectivity index (χ1v) is 35.5. The Morgan fingerprint density at radius 3 is 0.698 bits per heavy atom. The van der Waals surface area contributed by atoms with Gasteiger partial charge in [0, 0.05) is 104 Å². The fourth-order valence-electron chi connectivity index (χ4n) is 17.2. The number of nitriles is 2. The second kappa shape index (κ2) is 22.8. The zero-order valence-corrected chi connectivity index (χ0v) is 56.7. The van der Waals surface area contributed by atoms with E-state index in [4.69, 9.17) is 15.0 Å². The number of hydrogen-bond acceptors (Lipinski definition) is 5. The maximum absolute atomic E-state index is 11.0. The summed E-state index contributed by atoms with van der Waals surface area (Å²) in [5, 5.41) is 35.6. The molecule has 0 aliphatic heterocycles. The van der Waals surface area contributed by atoms with Crippen LogP contribution in [0.1, 0.15) is 11.1 Å². The Morgan fingerprint density at radius 1 is 0.198 bits per heavy atom. The van der Waals surface area contributed by atoms with Crippen LogP contribution in [0.5, 0.6) is 0 Å². The maximum Gasteiger partial charge on any atom is 0.166 e. The molecule has 11 heteroatoms. The lowest BCUT2D eigenvalue weighted by molar-refractivity contribution is 1.06. The van der Waals surface area contributed by atoms with E-state index in [1.165, 1.54) is 43.1 Å². The lowest BCUT2D eigenvalue weighted by Gasteiger charge is -2.17. The minimum Gasteiger partial charge on any atom is -0.309 e. The van der Waals surface area contributed by atoms with Gasteiger partial charge < -0.3 is 27.4 Å². The molecule has 0 aliphatic carbocycles. The lowest BCUT2D eigenvalue weighted by atomic mass is 10.1. The summed E-state index contributed by atoms with van der Waals surface area (Å²) in [6.07, 6.45) is 0. The second-order valence-corrected chi connectivity index (χ2v) is 27.3. The van der Waals surface area contributed by atoms with Gasteiger partial charge in [0.25, 0.3) is 0 Å². The van der Waals surface area contributed by atoms with Crippen LogP contribution in [0.15, 0.2) is 334 Å². The summed E-state index contributed by atoms with van der Waals surface area (Å²) in [7, 11) is 0. The average Bonchev–Trinajstić information content (AvgIpc) is 1.56. The third-order valence-corrected chi connectivity index (χ3v) is 21.7. The Bertz CT molecular complexity index is 6640. The molecule has 0 amide bonds. The van der Waals surface area contributed by atoms with E-state index >= 15 is 0 Å². The summed E-state index contributed by atoms with van der Waals surface area (Å²) in [6.45, 7) is 0. The molecule has 0 N–H and O–H groups in total. The Labute approximate surface area is 605 Å². The average molecular weight is 1350 g/mol. The van der Waals surface area contributed by atoms with Gasteiger partial charge in [-0.1, -0.05) is 176 Å². The van der Waals surface area contributed by atoms with Crippen LogP contribution in [-0.2, 0) is 0 Å². The number of hydrogen-bond donors (Lipinski definition) is 0. The molecule has 0 unspecified atom stereocenters. The molecule has 106 heavy (non-hydrogen) atoms. The van der Waals surface area contributed by atoms with Gasteiger partial charge in [-0.2, -0.15) is 10.5 Å². The molecular weight excluding hydrogens is 1300 g/mol. The molecule has 490 valence electrons. The molecule has 0 atom stereocenters. The van der Waals surface area contributed by atoms with Crippen LogP contribution in [0.4, 0.5) is 0 Å². The molecular formula is C95H55N11. The first-order valence-electron chi connectivity index (χ1n) is 35.5. The summed E-state index contributed by atoms with van der Waals surface area (Å²) >= 11 is 0. The van der Waals surface area contributed by atoms with Gasteiger partial charge in [0.05, 0.1) is 101 Å². The fourth-order valence-corrected chi connectivity index (χ4v) is 17.2. The molecule has 0 fully saturated rings. The molecule has 0 radical (unpaired) electrons. The van der Waals surface area contributed by atoms with Gasteiger partial charge in [-0.25, -0.2) is 15.0 Å². The number of para-hydroxylation sites is 8. The van der Waals surface area contributed by atoms with Crippen LogP contribution in [0.2, 0.25) is 0 Å². The highest BCUT2D eigenvalue weighted by molar-refractivity contribution is 6.17. The number of rotatable bonds is 9. The summed E-state index contributed by atoms with van der Waals surface area (Å²) in [6, 6.07) is 123. The Morgan fingerprint density at radius 2 is 0.434 bits per heavy atom. The third kappa shape index (κ3) is 8.63. The summed E-state index contributed by atoms with van der Waals surface area (Å²) in [5.41, 5.74) is 21.1. The van der Waals surface area contributed by atoms with Gasteiger partial charge in [-0.15, -0.1) is 0 Å². The van der Waals surface area contributed by atoms with Crippen LogP contribution < -0.4 is 0 Å². The predicted octanol–water partition coefficient (Wildman–Crippen LogP) is 23.2. The van der Waals surface area contributed by atoms with Gasteiger partial charge in [-0.3, -0.25) is 0 Å². The van der Waals surface area contributed by atoms with Gasteiger partial charge in [-0.05, 0) is 158 Å². The number of nitrogens with zero attached hydrogens (tertiary/aromatic N) is 11. The minimum absolute atomic E-state index is 0.344. The zero-order valence-electron chi connectivity index (χ0n) is 56.7. The Hall–Kier alpha value is -14.9. The van der Waals surface area contributed by atoms with E-state index < -0.39 is 0 Å². The van der Waals surface area contributed by atoms with Gasteiger partial charge >= 0.3 is 0 Å². The van der Waals surface area contributed by atoms with Crippen LogP contribution in [0.3, 0.4) is 0 Å². The molecule has 0 bridgehead atoms. The van der Waals surface area contributed by atoms with E-state index in [9.17, 15) is 10.5 Å². The van der Waals surface area contributed by atoms with Crippen LogP contribution in [0.25, 0.3) is 199 Å². The fraction of sp³-hybridized carbons (Fsp3) is 0. The molecule has 0 spiro atoms. The van der Waals surface area contributed by atoms with Crippen molar-refractivity contribution in [3.8, 4) is 80.4 Å². The van der Waals surface area contributed by atoms with Crippen molar-refractivity contribution >= 4 is 131 Å². The van der Waals surface area contributed by atoms with Crippen molar-refractivity contribution in [1.29, 1.82) is 10.5 Å². The first kappa shape index (κ1) is 58.8.